The molecule has 1 N–H and O–H groups in total. The quantitative estimate of drug-likeness (QED) is 0.536. The van der Waals surface area contributed by atoms with E-state index in [4.69, 9.17) is 4.98 Å². The average Bonchev–Trinajstić information content (AvgIpc) is 3.30. The predicted octanol–water partition coefficient (Wildman–Crippen LogP) is 6.68. The molecule has 5 heteroatoms. The van der Waals surface area contributed by atoms with Crippen LogP contribution < -0.4 is 5.32 Å². The highest BCUT2D eigenvalue weighted by Crippen LogP contribution is 2.38. The molecular formula is C23H24FN3S. The molecule has 2 heterocycles. The van der Waals surface area contributed by atoms with Crippen molar-refractivity contribution in [2.75, 3.05) is 5.32 Å². The standard InChI is InChI=1S/C23H24FN3S/c24-19-14-8-7-13-18(19)21-22(25-17-11-5-2-6-12-17)27-20(15-28-23(27)26-21)16-9-3-1-4-10-16/h1,3,7-9,13-15,17,25H,2,4-6,10-12H2. The van der Waals surface area contributed by atoms with Gasteiger partial charge in [0.1, 0.15) is 17.3 Å². The third-order valence-electron chi connectivity index (χ3n) is 5.78. The summed E-state index contributed by atoms with van der Waals surface area (Å²) in [6.07, 6.45) is 14.7. The van der Waals surface area contributed by atoms with Crippen LogP contribution in [0.3, 0.4) is 0 Å². The van der Waals surface area contributed by atoms with E-state index in [1.165, 1.54) is 36.6 Å². The lowest BCUT2D eigenvalue weighted by Gasteiger charge is -2.24. The van der Waals surface area contributed by atoms with Gasteiger partial charge in [-0.15, -0.1) is 11.3 Å². The first kappa shape index (κ1) is 17.7. The lowest BCUT2D eigenvalue weighted by atomic mass is 9.95. The van der Waals surface area contributed by atoms with Crippen LogP contribution in [0, 0.1) is 5.82 Å². The normalized spacial score (nSPS) is 17.8. The molecule has 0 saturated heterocycles. The lowest BCUT2D eigenvalue weighted by Crippen LogP contribution is -2.23. The van der Waals surface area contributed by atoms with Crippen LogP contribution in [0.2, 0.25) is 0 Å². The maximum absolute atomic E-state index is 14.6. The van der Waals surface area contributed by atoms with E-state index in [0.29, 0.717) is 11.6 Å². The maximum atomic E-state index is 14.6. The Morgan fingerprint density at radius 3 is 2.79 bits per heavy atom. The molecule has 2 aromatic heterocycles. The lowest BCUT2D eigenvalue weighted by molar-refractivity contribution is 0.461. The summed E-state index contributed by atoms with van der Waals surface area (Å²) in [4.78, 5) is 5.78. The number of halogens is 1. The number of rotatable bonds is 4. The highest BCUT2D eigenvalue weighted by atomic mass is 32.1. The van der Waals surface area contributed by atoms with Gasteiger partial charge in [0, 0.05) is 17.0 Å². The van der Waals surface area contributed by atoms with Gasteiger partial charge in [-0.2, -0.15) is 0 Å². The molecule has 2 aliphatic rings. The molecule has 1 saturated carbocycles. The molecule has 0 unspecified atom stereocenters. The van der Waals surface area contributed by atoms with Gasteiger partial charge in [-0.25, -0.2) is 9.37 Å². The number of hydrogen-bond acceptors (Lipinski definition) is 3. The van der Waals surface area contributed by atoms with Crippen molar-refractivity contribution in [3.05, 3.63) is 59.4 Å². The second-order valence-electron chi connectivity index (χ2n) is 7.67. The third-order valence-corrected chi connectivity index (χ3v) is 6.61. The fourth-order valence-corrected chi connectivity index (χ4v) is 5.23. The zero-order valence-electron chi connectivity index (χ0n) is 15.8. The third kappa shape index (κ3) is 3.18. The molecule has 28 heavy (non-hydrogen) atoms. The van der Waals surface area contributed by atoms with E-state index < -0.39 is 0 Å². The number of hydrogen-bond donors (Lipinski definition) is 1. The zero-order valence-corrected chi connectivity index (χ0v) is 16.6. The Bertz CT molecular complexity index is 1050. The number of benzene rings is 1. The van der Waals surface area contributed by atoms with Crippen molar-refractivity contribution in [1.29, 1.82) is 0 Å². The summed E-state index contributed by atoms with van der Waals surface area (Å²) in [5.41, 5.74) is 3.79. The summed E-state index contributed by atoms with van der Waals surface area (Å²) in [7, 11) is 0. The first-order valence-electron chi connectivity index (χ1n) is 10.2. The van der Waals surface area contributed by atoms with Crippen molar-refractivity contribution in [1.82, 2.24) is 9.38 Å². The highest BCUT2D eigenvalue weighted by Gasteiger charge is 2.24. The van der Waals surface area contributed by atoms with E-state index in [9.17, 15) is 4.39 Å². The van der Waals surface area contributed by atoms with Gasteiger partial charge in [-0.1, -0.05) is 49.6 Å². The van der Waals surface area contributed by atoms with Crippen molar-refractivity contribution < 1.29 is 4.39 Å². The van der Waals surface area contributed by atoms with Crippen LogP contribution >= 0.6 is 11.3 Å². The summed E-state index contributed by atoms with van der Waals surface area (Å²) < 4.78 is 16.8. The molecule has 1 aromatic carbocycles. The zero-order chi connectivity index (χ0) is 18.9. The van der Waals surface area contributed by atoms with E-state index >= 15 is 0 Å². The summed E-state index contributed by atoms with van der Waals surface area (Å²) >= 11 is 1.63. The van der Waals surface area contributed by atoms with Gasteiger partial charge in [0.2, 0.25) is 0 Å². The maximum Gasteiger partial charge on any atom is 0.196 e. The van der Waals surface area contributed by atoms with Gasteiger partial charge in [0.05, 0.1) is 5.69 Å². The molecule has 0 atom stereocenters. The minimum absolute atomic E-state index is 0.221. The van der Waals surface area contributed by atoms with Gasteiger partial charge >= 0.3 is 0 Å². The minimum atomic E-state index is -0.221. The Morgan fingerprint density at radius 1 is 1.14 bits per heavy atom. The molecule has 2 aliphatic carbocycles. The number of fused-ring (bicyclic) bond motifs is 1. The molecule has 5 rings (SSSR count). The topological polar surface area (TPSA) is 29.3 Å². The monoisotopic (exact) mass is 393 g/mol. The first-order chi connectivity index (χ1) is 13.8. The minimum Gasteiger partial charge on any atom is -0.367 e. The highest BCUT2D eigenvalue weighted by molar-refractivity contribution is 7.15. The van der Waals surface area contributed by atoms with Crippen LogP contribution in [0.15, 0.2) is 47.9 Å². The number of anilines is 1. The number of nitrogens with zero attached hydrogens (tertiary/aromatic N) is 2. The summed E-state index contributed by atoms with van der Waals surface area (Å²) in [5, 5.41) is 5.94. The molecule has 0 spiro atoms. The smallest absolute Gasteiger partial charge is 0.196 e. The largest absolute Gasteiger partial charge is 0.367 e. The second-order valence-corrected chi connectivity index (χ2v) is 8.50. The van der Waals surface area contributed by atoms with Gasteiger partial charge in [-0.3, -0.25) is 4.40 Å². The Labute approximate surface area is 168 Å². The SMILES string of the molecule is Fc1ccccc1-c1nc2scc(C3=CC=CCC3)n2c1NC1CCCCC1. The predicted molar refractivity (Wildman–Crippen MR) is 115 cm³/mol. The summed E-state index contributed by atoms with van der Waals surface area (Å²) in [6, 6.07) is 7.38. The number of thiazole rings is 1. The first-order valence-corrected chi connectivity index (χ1v) is 11.1. The molecular weight excluding hydrogens is 369 g/mol. The molecule has 3 aromatic rings. The van der Waals surface area contributed by atoms with Crippen molar-refractivity contribution in [2.45, 2.75) is 51.0 Å². The molecule has 3 nitrogen and oxygen atoms in total. The second kappa shape index (κ2) is 7.55. The van der Waals surface area contributed by atoms with Crippen LogP contribution in [0.4, 0.5) is 10.2 Å². The molecule has 0 amide bonds. The average molecular weight is 394 g/mol. The number of nitrogens with one attached hydrogen (secondary N) is 1. The van der Waals surface area contributed by atoms with Crippen LogP contribution in [0.1, 0.15) is 50.6 Å². The number of allylic oxidation sites excluding steroid dienone is 4. The Hall–Kier alpha value is -2.40. The molecule has 0 bridgehead atoms. The Balaban J connectivity index is 1.67. The molecule has 144 valence electrons. The molecule has 0 radical (unpaired) electrons. The van der Waals surface area contributed by atoms with E-state index in [-0.39, 0.29) is 5.82 Å². The number of imidazole rings is 1. The molecule has 0 aliphatic heterocycles. The van der Waals surface area contributed by atoms with Crippen molar-refractivity contribution >= 4 is 27.7 Å². The van der Waals surface area contributed by atoms with E-state index in [2.05, 4.69) is 33.3 Å². The van der Waals surface area contributed by atoms with Crippen molar-refractivity contribution in [2.24, 2.45) is 0 Å². The Morgan fingerprint density at radius 2 is 2.00 bits per heavy atom. The Kier molecular flexibility index (Phi) is 4.77. The van der Waals surface area contributed by atoms with E-state index in [1.807, 2.05) is 12.1 Å². The van der Waals surface area contributed by atoms with E-state index in [0.717, 1.165) is 42.2 Å². The van der Waals surface area contributed by atoms with Gasteiger partial charge in [-0.05, 0) is 43.4 Å². The fourth-order valence-electron chi connectivity index (χ4n) is 4.31. The molecule has 1 fully saturated rings. The van der Waals surface area contributed by atoms with E-state index in [1.54, 1.807) is 17.4 Å². The van der Waals surface area contributed by atoms with Gasteiger partial charge < -0.3 is 5.32 Å². The van der Waals surface area contributed by atoms with Gasteiger partial charge in [0.25, 0.3) is 0 Å². The fraction of sp³-hybridized carbons (Fsp3) is 0.348. The van der Waals surface area contributed by atoms with Gasteiger partial charge in [0.15, 0.2) is 4.96 Å². The van der Waals surface area contributed by atoms with Crippen molar-refractivity contribution in [3.63, 3.8) is 0 Å². The van der Waals surface area contributed by atoms with Crippen molar-refractivity contribution in [3.8, 4) is 11.3 Å². The number of aromatic nitrogens is 2. The van der Waals surface area contributed by atoms with Crippen LogP contribution in [-0.4, -0.2) is 15.4 Å². The van der Waals surface area contributed by atoms with Crippen LogP contribution in [0.5, 0.6) is 0 Å². The van der Waals surface area contributed by atoms with Crippen LogP contribution in [-0.2, 0) is 0 Å². The summed E-state index contributed by atoms with van der Waals surface area (Å²) in [6.45, 7) is 0. The summed E-state index contributed by atoms with van der Waals surface area (Å²) in [5.74, 6) is 0.722. The van der Waals surface area contributed by atoms with Crippen LogP contribution in [0.25, 0.3) is 21.8 Å².